The van der Waals surface area contributed by atoms with Crippen molar-refractivity contribution in [3.05, 3.63) is 21.9 Å². The van der Waals surface area contributed by atoms with Gasteiger partial charge in [0.2, 0.25) is 0 Å². The summed E-state index contributed by atoms with van der Waals surface area (Å²) in [6.45, 7) is 0.0115. The molecule has 0 bridgehead atoms. The van der Waals surface area contributed by atoms with Gasteiger partial charge in [-0.3, -0.25) is 4.84 Å². The molecule has 0 saturated carbocycles. The molecule has 0 saturated heterocycles. The van der Waals surface area contributed by atoms with Gasteiger partial charge >= 0.3 is 0 Å². The summed E-state index contributed by atoms with van der Waals surface area (Å²) < 4.78 is 18.3. The SMILES string of the molecule is COc1c(O)c(F)cc(Br)c1CON. The van der Waals surface area contributed by atoms with Crippen LogP contribution in [0.3, 0.4) is 0 Å². The van der Waals surface area contributed by atoms with Crippen molar-refractivity contribution in [2.24, 2.45) is 5.90 Å². The highest BCUT2D eigenvalue weighted by Crippen LogP contribution is 2.37. The van der Waals surface area contributed by atoms with E-state index in [1.165, 1.54) is 7.11 Å². The molecule has 0 unspecified atom stereocenters. The maximum absolute atomic E-state index is 13.0. The molecule has 0 radical (unpaired) electrons. The molecule has 1 aromatic carbocycles. The Hall–Kier alpha value is -0.850. The lowest BCUT2D eigenvalue weighted by Gasteiger charge is -2.11. The quantitative estimate of drug-likeness (QED) is 0.817. The molecule has 0 aliphatic rings. The molecule has 6 heteroatoms. The fourth-order valence-corrected chi connectivity index (χ4v) is 1.56. The predicted molar refractivity (Wildman–Crippen MR) is 51.3 cm³/mol. The molecule has 0 spiro atoms. The number of nitrogens with two attached hydrogens (primary N) is 1. The summed E-state index contributed by atoms with van der Waals surface area (Å²) in [5.74, 6) is 3.58. The van der Waals surface area contributed by atoms with Crippen molar-refractivity contribution in [2.75, 3.05) is 7.11 Å². The van der Waals surface area contributed by atoms with Gasteiger partial charge in [0, 0.05) is 10.0 Å². The summed E-state index contributed by atoms with van der Waals surface area (Å²) in [6.07, 6.45) is 0. The average molecular weight is 266 g/mol. The number of phenolic OH excluding ortho intramolecular Hbond substituents is 1. The molecule has 78 valence electrons. The van der Waals surface area contributed by atoms with Crippen LogP contribution >= 0.6 is 15.9 Å². The van der Waals surface area contributed by atoms with Crippen LogP contribution < -0.4 is 10.6 Å². The Labute approximate surface area is 88.5 Å². The van der Waals surface area contributed by atoms with Crippen molar-refractivity contribution in [3.8, 4) is 11.5 Å². The van der Waals surface area contributed by atoms with Gasteiger partial charge in [0.05, 0.1) is 13.7 Å². The van der Waals surface area contributed by atoms with E-state index >= 15 is 0 Å². The lowest BCUT2D eigenvalue weighted by molar-refractivity contribution is 0.121. The van der Waals surface area contributed by atoms with Gasteiger partial charge in [-0.25, -0.2) is 10.3 Å². The number of phenols is 1. The van der Waals surface area contributed by atoms with Crippen LogP contribution in [-0.4, -0.2) is 12.2 Å². The molecule has 0 heterocycles. The molecule has 0 aliphatic carbocycles. The van der Waals surface area contributed by atoms with Crippen molar-refractivity contribution in [1.29, 1.82) is 0 Å². The third kappa shape index (κ3) is 1.97. The molecule has 0 atom stereocenters. The number of aromatic hydroxyl groups is 1. The molecule has 1 rings (SSSR count). The van der Waals surface area contributed by atoms with Crippen LogP contribution in [0.1, 0.15) is 5.56 Å². The highest BCUT2D eigenvalue weighted by atomic mass is 79.9. The Bertz CT molecular complexity index is 346. The van der Waals surface area contributed by atoms with Crippen LogP contribution in [0.5, 0.6) is 11.5 Å². The number of rotatable bonds is 3. The third-order valence-electron chi connectivity index (χ3n) is 1.69. The topological polar surface area (TPSA) is 64.7 Å². The average Bonchev–Trinajstić information content (AvgIpc) is 2.15. The number of hydrogen-bond donors (Lipinski definition) is 2. The van der Waals surface area contributed by atoms with E-state index < -0.39 is 11.6 Å². The molecule has 14 heavy (non-hydrogen) atoms. The second-order valence-electron chi connectivity index (χ2n) is 2.51. The van der Waals surface area contributed by atoms with E-state index in [1.54, 1.807) is 0 Å². The summed E-state index contributed by atoms with van der Waals surface area (Å²) in [4.78, 5) is 4.40. The molecule has 0 aliphatic heterocycles. The van der Waals surface area contributed by atoms with E-state index in [1.807, 2.05) is 0 Å². The van der Waals surface area contributed by atoms with Crippen LogP contribution in [0.4, 0.5) is 4.39 Å². The standard InChI is InChI=1S/C8H9BrFNO3/c1-13-8-4(3-14-11)5(9)2-6(10)7(8)12/h2,12H,3,11H2,1H3. The summed E-state index contributed by atoms with van der Waals surface area (Å²) in [5, 5.41) is 9.31. The van der Waals surface area contributed by atoms with Crippen molar-refractivity contribution in [1.82, 2.24) is 0 Å². The van der Waals surface area contributed by atoms with Gasteiger partial charge in [0.1, 0.15) is 0 Å². The highest BCUT2D eigenvalue weighted by Gasteiger charge is 2.17. The predicted octanol–water partition coefficient (Wildman–Crippen LogP) is 1.69. The van der Waals surface area contributed by atoms with Crippen LogP contribution in [0.25, 0.3) is 0 Å². The minimum atomic E-state index is -0.769. The number of hydrogen-bond acceptors (Lipinski definition) is 4. The van der Waals surface area contributed by atoms with E-state index in [2.05, 4.69) is 20.8 Å². The summed E-state index contributed by atoms with van der Waals surface area (Å²) in [6, 6.07) is 1.12. The van der Waals surface area contributed by atoms with Gasteiger partial charge in [0.15, 0.2) is 17.3 Å². The number of methoxy groups -OCH3 is 1. The molecule has 3 N–H and O–H groups in total. The summed E-state index contributed by atoms with van der Waals surface area (Å²) in [5.41, 5.74) is 0.453. The zero-order valence-corrected chi connectivity index (χ0v) is 8.97. The maximum Gasteiger partial charge on any atom is 0.194 e. The number of benzene rings is 1. The van der Waals surface area contributed by atoms with Crippen LogP contribution in [0.2, 0.25) is 0 Å². The Morgan fingerprint density at radius 2 is 2.29 bits per heavy atom. The minimum absolute atomic E-state index is 0.0115. The van der Waals surface area contributed by atoms with E-state index in [4.69, 9.17) is 10.6 Å². The Morgan fingerprint density at radius 3 is 2.79 bits per heavy atom. The molecular formula is C8H9BrFNO3. The highest BCUT2D eigenvalue weighted by molar-refractivity contribution is 9.10. The number of halogens is 2. The first-order valence-electron chi connectivity index (χ1n) is 3.67. The summed E-state index contributed by atoms with van der Waals surface area (Å²) in [7, 11) is 1.32. The monoisotopic (exact) mass is 265 g/mol. The Morgan fingerprint density at radius 1 is 1.64 bits per heavy atom. The lowest BCUT2D eigenvalue weighted by Crippen LogP contribution is -2.03. The molecule has 0 aromatic heterocycles. The first kappa shape index (κ1) is 11.2. The maximum atomic E-state index is 13.0. The molecule has 4 nitrogen and oxygen atoms in total. The van der Waals surface area contributed by atoms with Gasteiger partial charge in [0.25, 0.3) is 0 Å². The third-order valence-corrected chi connectivity index (χ3v) is 2.40. The van der Waals surface area contributed by atoms with Gasteiger partial charge in [-0.05, 0) is 6.07 Å². The lowest BCUT2D eigenvalue weighted by atomic mass is 10.2. The van der Waals surface area contributed by atoms with Gasteiger partial charge < -0.3 is 9.84 Å². The Balaban J connectivity index is 3.31. The normalized spacial score (nSPS) is 10.3. The second kappa shape index (κ2) is 4.59. The van der Waals surface area contributed by atoms with E-state index in [0.717, 1.165) is 6.07 Å². The van der Waals surface area contributed by atoms with Crippen LogP contribution in [-0.2, 0) is 11.4 Å². The zero-order chi connectivity index (χ0) is 10.7. The largest absolute Gasteiger partial charge is 0.502 e. The van der Waals surface area contributed by atoms with Crippen LogP contribution in [0.15, 0.2) is 10.5 Å². The molecule has 0 amide bonds. The Kier molecular flexibility index (Phi) is 3.68. The van der Waals surface area contributed by atoms with Crippen LogP contribution in [0, 0.1) is 5.82 Å². The van der Waals surface area contributed by atoms with Gasteiger partial charge in [-0.2, -0.15) is 0 Å². The fraction of sp³-hybridized carbons (Fsp3) is 0.250. The first-order chi connectivity index (χ1) is 6.61. The first-order valence-corrected chi connectivity index (χ1v) is 4.46. The van der Waals surface area contributed by atoms with E-state index in [0.29, 0.717) is 10.0 Å². The van der Waals surface area contributed by atoms with Gasteiger partial charge in [-0.15, -0.1) is 0 Å². The van der Waals surface area contributed by atoms with Crippen molar-refractivity contribution in [2.45, 2.75) is 6.61 Å². The number of ether oxygens (including phenoxy) is 1. The molecule has 1 aromatic rings. The van der Waals surface area contributed by atoms with E-state index in [-0.39, 0.29) is 12.4 Å². The smallest absolute Gasteiger partial charge is 0.194 e. The zero-order valence-electron chi connectivity index (χ0n) is 7.38. The molecule has 0 fully saturated rings. The summed E-state index contributed by atoms with van der Waals surface area (Å²) >= 11 is 3.11. The van der Waals surface area contributed by atoms with Crippen molar-refractivity contribution in [3.63, 3.8) is 0 Å². The fourth-order valence-electron chi connectivity index (χ4n) is 1.06. The second-order valence-corrected chi connectivity index (χ2v) is 3.37. The van der Waals surface area contributed by atoms with Gasteiger partial charge in [-0.1, -0.05) is 15.9 Å². The molecular weight excluding hydrogens is 257 g/mol. The van der Waals surface area contributed by atoms with Crippen molar-refractivity contribution >= 4 is 15.9 Å². The minimum Gasteiger partial charge on any atom is -0.502 e. The van der Waals surface area contributed by atoms with Crippen molar-refractivity contribution < 1.29 is 19.1 Å². The van der Waals surface area contributed by atoms with E-state index in [9.17, 15) is 9.50 Å².